The van der Waals surface area contributed by atoms with Crippen molar-refractivity contribution in [3.63, 3.8) is 0 Å². The van der Waals surface area contributed by atoms with Crippen molar-refractivity contribution in [3.05, 3.63) is 52.5 Å². The van der Waals surface area contributed by atoms with Crippen LogP contribution < -0.4 is 10.2 Å². The third kappa shape index (κ3) is 4.08. The molecule has 5 rings (SSSR count). The van der Waals surface area contributed by atoms with E-state index in [9.17, 15) is 4.79 Å². The minimum atomic E-state index is 0. The van der Waals surface area contributed by atoms with Gasteiger partial charge in [-0.3, -0.25) is 9.69 Å². The Morgan fingerprint density at radius 3 is 2.76 bits per heavy atom. The third-order valence-corrected chi connectivity index (χ3v) is 6.91. The number of hydrogen-bond donors (Lipinski definition) is 1. The van der Waals surface area contributed by atoms with Crippen molar-refractivity contribution in [2.45, 2.75) is 12.8 Å². The number of carbonyl (C=O) groups excluding carboxylic acids is 1. The first-order valence-corrected chi connectivity index (χ1v) is 10.8. The lowest BCUT2D eigenvalue weighted by Crippen LogP contribution is -2.46. The Kier molecular flexibility index (Phi) is 5.97. The molecule has 8 heteroatoms. The van der Waals surface area contributed by atoms with Crippen molar-refractivity contribution in [2.75, 3.05) is 42.9 Å². The highest BCUT2D eigenvalue weighted by Crippen LogP contribution is 2.32. The highest BCUT2D eigenvalue weighted by molar-refractivity contribution is 7.11. The molecule has 0 unspecified atom stereocenters. The van der Waals surface area contributed by atoms with Gasteiger partial charge in [0.15, 0.2) is 0 Å². The van der Waals surface area contributed by atoms with Crippen molar-refractivity contribution in [2.24, 2.45) is 0 Å². The summed E-state index contributed by atoms with van der Waals surface area (Å²) in [4.78, 5) is 16.5. The van der Waals surface area contributed by atoms with Crippen LogP contribution in [0.1, 0.15) is 11.1 Å². The zero-order chi connectivity index (χ0) is 19.1. The van der Waals surface area contributed by atoms with Crippen LogP contribution in [0.4, 0.5) is 10.7 Å². The second-order valence-corrected chi connectivity index (χ2v) is 8.57. The minimum absolute atomic E-state index is 0. The SMILES string of the molecule is Cl.O=C1Cc2cc(CCN3CCN(c4snc5ccccc45)CC3)c(Cl)cc2N1. The first-order valence-electron chi connectivity index (χ1n) is 9.60. The maximum Gasteiger partial charge on any atom is 0.228 e. The van der Waals surface area contributed by atoms with Crippen LogP contribution in [0.25, 0.3) is 10.9 Å². The molecule has 0 saturated carbocycles. The predicted octanol–water partition coefficient (Wildman–Crippen LogP) is 4.23. The molecule has 2 aromatic carbocycles. The number of fused-ring (bicyclic) bond motifs is 2. The Morgan fingerprint density at radius 2 is 1.93 bits per heavy atom. The van der Waals surface area contributed by atoms with Crippen molar-refractivity contribution >= 4 is 63.0 Å². The number of carbonyl (C=O) groups is 1. The molecule has 0 atom stereocenters. The number of aromatic nitrogens is 1. The van der Waals surface area contributed by atoms with Crippen LogP contribution in [0, 0.1) is 0 Å². The molecule has 152 valence electrons. The van der Waals surface area contributed by atoms with E-state index in [1.807, 2.05) is 12.1 Å². The van der Waals surface area contributed by atoms with Gasteiger partial charge in [-0.15, -0.1) is 12.4 Å². The number of anilines is 2. The number of amides is 1. The van der Waals surface area contributed by atoms with Gasteiger partial charge in [0.25, 0.3) is 0 Å². The summed E-state index contributed by atoms with van der Waals surface area (Å²) in [5.41, 5.74) is 4.15. The molecule has 3 aromatic rings. The molecule has 0 bridgehead atoms. The standard InChI is InChI=1S/C21H21ClN4OS.ClH/c22-17-13-19-15(12-20(27)23-19)11-14(17)5-6-25-7-9-26(10-8-25)21-16-3-1-2-4-18(16)24-28-21;/h1-4,11,13H,5-10,12H2,(H,23,27);1H. The first kappa shape index (κ1) is 20.4. The fraction of sp³-hybridized carbons (Fsp3) is 0.333. The smallest absolute Gasteiger partial charge is 0.228 e. The van der Waals surface area contributed by atoms with Crippen molar-refractivity contribution in [1.82, 2.24) is 9.27 Å². The molecule has 2 aliphatic rings. The van der Waals surface area contributed by atoms with Gasteiger partial charge < -0.3 is 10.2 Å². The summed E-state index contributed by atoms with van der Waals surface area (Å²) >= 11 is 8.04. The zero-order valence-electron chi connectivity index (χ0n) is 15.9. The summed E-state index contributed by atoms with van der Waals surface area (Å²) in [5, 5.41) is 6.15. The fourth-order valence-corrected chi connectivity index (χ4v) is 5.22. The maximum atomic E-state index is 11.6. The van der Waals surface area contributed by atoms with Gasteiger partial charge in [0.05, 0.1) is 11.9 Å². The van der Waals surface area contributed by atoms with Crippen molar-refractivity contribution in [1.29, 1.82) is 0 Å². The van der Waals surface area contributed by atoms with Gasteiger partial charge in [0.1, 0.15) is 5.00 Å². The second-order valence-electron chi connectivity index (χ2n) is 7.41. The van der Waals surface area contributed by atoms with Crippen LogP contribution in [0.15, 0.2) is 36.4 Å². The average Bonchev–Trinajstić information content (AvgIpc) is 3.29. The number of nitrogens with zero attached hydrogens (tertiary/aromatic N) is 3. The molecule has 0 aliphatic carbocycles. The molecule has 1 N–H and O–H groups in total. The summed E-state index contributed by atoms with van der Waals surface area (Å²) in [6.45, 7) is 5.09. The van der Waals surface area contributed by atoms with E-state index < -0.39 is 0 Å². The Balaban J connectivity index is 0.00000205. The minimum Gasteiger partial charge on any atom is -0.359 e. The van der Waals surface area contributed by atoms with Crippen molar-refractivity contribution < 1.29 is 4.79 Å². The monoisotopic (exact) mass is 448 g/mol. The van der Waals surface area contributed by atoms with Crippen molar-refractivity contribution in [3.8, 4) is 0 Å². The van der Waals surface area contributed by atoms with Crippen LogP contribution in [-0.4, -0.2) is 47.9 Å². The van der Waals surface area contributed by atoms with Gasteiger partial charge >= 0.3 is 0 Å². The lowest BCUT2D eigenvalue weighted by atomic mass is 10.1. The lowest BCUT2D eigenvalue weighted by Gasteiger charge is -2.35. The summed E-state index contributed by atoms with van der Waals surface area (Å²) in [7, 11) is 0. The van der Waals surface area contributed by atoms with Crippen LogP contribution in [-0.2, 0) is 17.6 Å². The van der Waals surface area contributed by atoms with Crippen LogP contribution in [0.5, 0.6) is 0 Å². The van der Waals surface area contributed by atoms with Crippen LogP contribution in [0.2, 0.25) is 5.02 Å². The van der Waals surface area contributed by atoms with E-state index in [2.05, 4.69) is 43.8 Å². The lowest BCUT2D eigenvalue weighted by molar-refractivity contribution is -0.115. The van der Waals surface area contributed by atoms with E-state index >= 15 is 0 Å². The second kappa shape index (κ2) is 8.48. The Bertz CT molecular complexity index is 1050. The highest BCUT2D eigenvalue weighted by Gasteiger charge is 2.22. The maximum absolute atomic E-state index is 11.6. The molecule has 0 radical (unpaired) electrons. The third-order valence-electron chi connectivity index (χ3n) is 5.62. The molecule has 1 saturated heterocycles. The molecule has 1 fully saturated rings. The van der Waals surface area contributed by atoms with Gasteiger partial charge in [-0.1, -0.05) is 29.8 Å². The topological polar surface area (TPSA) is 48.5 Å². The quantitative estimate of drug-likeness (QED) is 0.648. The summed E-state index contributed by atoms with van der Waals surface area (Å²) in [5.74, 6) is 0.0509. The Morgan fingerprint density at radius 1 is 1.14 bits per heavy atom. The zero-order valence-corrected chi connectivity index (χ0v) is 18.2. The average molecular weight is 449 g/mol. The normalized spacial score (nSPS) is 16.6. The van der Waals surface area contributed by atoms with E-state index in [0.29, 0.717) is 6.42 Å². The highest BCUT2D eigenvalue weighted by atomic mass is 35.5. The number of rotatable bonds is 4. The molecular formula is C21H22Cl2N4OS. The molecule has 1 aromatic heterocycles. The summed E-state index contributed by atoms with van der Waals surface area (Å²) in [6, 6.07) is 12.4. The number of nitrogens with one attached hydrogen (secondary N) is 1. The van der Waals surface area contributed by atoms with Gasteiger partial charge in [0.2, 0.25) is 5.91 Å². The molecule has 29 heavy (non-hydrogen) atoms. The van der Waals surface area contributed by atoms with Gasteiger partial charge in [-0.05, 0) is 47.3 Å². The Hall–Kier alpha value is -1.86. The molecular weight excluding hydrogens is 427 g/mol. The number of benzene rings is 2. The molecule has 2 aliphatic heterocycles. The van der Waals surface area contributed by atoms with Gasteiger partial charge in [-0.25, -0.2) is 0 Å². The number of halogens is 2. The summed E-state index contributed by atoms with van der Waals surface area (Å²) < 4.78 is 4.58. The van der Waals surface area contributed by atoms with E-state index in [1.165, 1.54) is 10.4 Å². The molecule has 0 spiro atoms. The fourth-order valence-electron chi connectivity index (χ4n) is 4.05. The molecule has 5 nitrogen and oxygen atoms in total. The largest absolute Gasteiger partial charge is 0.359 e. The summed E-state index contributed by atoms with van der Waals surface area (Å²) in [6.07, 6.45) is 1.37. The molecule has 1 amide bonds. The van der Waals surface area contributed by atoms with E-state index in [4.69, 9.17) is 11.6 Å². The number of piperazine rings is 1. The predicted molar refractivity (Wildman–Crippen MR) is 123 cm³/mol. The van der Waals surface area contributed by atoms with E-state index in [1.54, 1.807) is 11.5 Å². The Labute approximate surface area is 185 Å². The van der Waals surface area contributed by atoms with Gasteiger partial charge in [0, 0.05) is 48.8 Å². The van der Waals surface area contributed by atoms with Crippen LogP contribution in [0.3, 0.4) is 0 Å². The van der Waals surface area contributed by atoms with E-state index in [-0.39, 0.29) is 18.3 Å². The van der Waals surface area contributed by atoms with Gasteiger partial charge in [-0.2, -0.15) is 4.37 Å². The number of hydrogen-bond acceptors (Lipinski definition) is 5. The van der Waals surface area contributed by atoms with Crippen LogP contribution >= 0.6 is 35.5 Å². The first-order chi connectivity index (χ1) is 13.7. The molecule has 3 heterocycles. The van der Waals surface area contributed by atoms with E-state index in [0.717, 1.165) is 66.5 Å².